The van der Waals surface area contributed by atoms with Gasteiger partial charge in [0.1, 0.15) is 0 Å². The fourth-order valence-electron chi connectivity index (χ4n) is 5.52. The van der Waals surface area contributed by atoms with Crippen LogP contribution in [0.3, 0.4) is 0 Å². The molecular formula is C29H26O2. The quantitative estimate of drug-likeness (QED) is 0.473. The summed E-state index contributed by atoms with van der Waals surface area (Å²) < 4.78 is 0. The SMILES string of the molecule is O=C(O)C(=C(C1=CC=CC1)C1=CC=CC1)C(C1=CC=CC1)(C1=CC=CC1)C1=CC=CC1. The van der Waals surface area contributed by atoms with Crippen molar-refractivity contribution in [1.29, 1.82) is 0 Å². The lowest BCUT2D eigenvalue weighted by molar-refractivity contribution is -0.133. The van der Waals surface area contributed by atoms with Crippen molar-refractivity contribution >= 4 is 5.97 Å². The third-order valence-electron chi connectivity index (χ3n) is 6.78. The molecule has 2 heteroatoms. The maximum absolute atomic E-state index is 13.3. The lowest BCUT2D eigenvalue weighted by Gasteiger charge is -2.41. The zero-order valence-corrected chi connectivity index (χ0v) is 17.6. The lowest BCUT2D eigenvalue weighted by Crippen LogP contribution is -2.35. The molecule has 0 spiro atoms. The number of rotatable bonds is 7. The summed E-state index contributed by atoms with van der Waals surface area (Å²) in [5.41, 5.74) is 6.35. The Kier molecular flexibility index (Phi) is 5.07. The van der Waals surface area contributed by atoms with E-state index < -0.39 is 11.4 Å². The summed E-state index contributed by atoms with van der Waals surface area (Å²) >= 11 is 0. The molecule has 0 aromatic heterocycles. The fourth-order valence-corrected chi connectivity index (χ4v) is 5.52. The average molecular weight is 407 g/mol. The Morgan fingerprint density at radius 3 is 1.29 bits per heavy atom. The van der Waals surface area contributed by atoms with Gasteiger partial charge in [0.25, 0.3) is 0 Å². The maximum Gasteiger partial charge on any atom is 0.333 e. The summed E-state index contributed by atoms with van der Waals surface area (Å²) in [6, 6.07) is 0. The van der Waals surface area contributed by atoms with Crippen molar-refractivity contribution in [2.24, 2.45) is 5.41 Å². The van der Waals surface area contributed by atoms with Crippen molar-refractivity contribution in [3.05, 3.63) is 130 Å². The molecule has 154 valence electrons. The number of hydrogen-bond acceptors (Lipinski definition) is 1. The van der Waals surface area contributed by atoms with Crippen LogP contribution in [-0.4, -0.2) is 11.1 Å². The zero-order valence-electron chi connectivity index (χ0n) is 17.6. The molecule has 0 unspecified atom stereocenters. The van der Waals surface area contributed by atoms with Gasteiger partial charge in [0, 0.05) is 0 Å². The Bertz CT molecular complexity index is 1060. The van der Waals surface area contributed by atoms with Crippen molar-refractivity contribution in [2.45, 2.75) is 32.1 Å². The van der Waals surface area contributed by atoms with E-state index in [4.69, 9.17) is 0 Å². The molecule has 0 aliphatic heterocycles. The summed E-state index contributed by atoms with van der Waals surface area (Å²) in [4.78, 5) is 13.3. The second kappa shape index (κ2) is 8.03. The smallest absolute Gasteiger partial charge is 0.333 e. The molecule has 0 saturated carbocycles. The van der Waals surface area contributed by atoms with Gasteiger partial charge < -0.3 is 5.11 Å². The predicted molar refractivity (Wildman–Crippen MR) is 126 cm³/mol. The summed E-state index contributed by atoms with van der Waals surface area (Å²) in [7, 11) is 0. The molecule has 5 rings (SSSR count). The highest BCUT2D eigenvalue weighted by Gasteiger charge is 2.49. The summed E-state index contributed by atoms with van der Waals surface area (Å²) in [6.45, 7) is 0. The molecule has 0 fully saturated rings. The molecule has 0 bridgehead atoms. The third-order valence-corrected chi connectivity index (χ3v) is 6.78. The molecule has 1 N–H and O–H groups in total. The van der Waals surface area contributed by atoms with E-state index >= 15 is 0 Å². The Morgan fingerprint density at radius 1 is 0.613 bits per heavy atom. The number of allylic oxidation sites excluding steroid dienone is 21. The van der Waals surface area contributed by atoms with Gasteiger partial charge in [-0.05, 0) is 65.5 Å². The summed E-state index contributed by atoms with van der Waals surface area (Å²) in [5, 5.41) is 10.9. The highest BCUT2D eigenvalue weighted by molar-refractivity contribution is 5.95. The van der Waals surface area contributed by atoms with E-state index in [0.717, 1.165) is 65.5 Å². The van der Waals surface area contributed by atoms with E-state index in [9.17, 15) is 9.90 Å². The maximum atomic E-state index is 13.3. The second-order valence-corrected chi connectivity index (χ2v) is 8.43. The van der Waals surface area contributed by atoms with Gasteiger partial charge in [-0.3, -0.25) is 0 Å². The monoisotopic (exact) mass is 406 g/mol. The van der Waals surface area contributed by atoms with E-state index in [2.05, 4.69) is 79.0 Å². The molecule has 0 amide bonds. The van der Waals surface area contributed by atoms with Crippen LogP contribution in [0.5, 0.6) is 0 Å². The topological polar surface area (TPSA) is 37.3 Å². The van der Waals surface area contributed by atoms with Crippen LogP contribution in [0, 0.1) is 5.41 Å². The van der Waals surface area contributed by atoms with Crippen LogP contribution >= 0.6 is 0 Å². The first-order valence-corrected chi connectivity index (χ1v) is 11.0. The van der Waals surface area contributed by atoms with Crippen molar-refractivity contribution in [3.63, 3.8) is 0 Å². The van der Waals surface area contributed by atoms with Gasteiger partial charge in [-0.1, -0.05) is 91.1 Å². The summed E-state index contributed by atoms with van der Waals surface area (Å²) in [6.07, 6.45) is 35.4. The Balaban J connectivity index is 1.86. The number of aliphatic carboxylic acids is 1. The van der Waals surface area contributed by atoms with Crippen LogP contribution in [0.15, 0.2) is 130 Å². The molecule has 31 heavy (non-hydrogen) atoms. The number of carboxylic acids is 1. The largest absolute Gasteiger partial charge is 0.478 e. The van der Waals surface area contributed by atoms with Crippen molar-refractivity contribution in [1.82, 2.24) is 0 Å². The van der Waals surface area contributed by atoms with Crippen molar-refractivity contribution in [3.8, 4) is 0 Å². The zero-order chi connectivity index (χ0) is 21.3. The molecule has 0 atom stereocenters. The minimum Gasteiger partial charge on any atom is -0.478 e. The van der Waals surface area contributed by atoms with Gasteiger partial charge >= 0.3 is 5.97 Å². The van der Waals surface area contributed by atoms with Crippen LogP contribution in [0.1, 0.15) is 32.1 Å². The number of carbonyl (C=O) groups is 1. The molecule has 2 nitrogen and oxygen atoms in total. The predicted octanol–water partition coefficient (Wildman–Crippen LogP) is 6.79. The Hall–Kier alpha value is -3.39. The first-order chi connectivity index (χ1) is 15.2. The molecule has 0 aromatic carbocycles. The molecular weight excluding hydrogens is 380 g/mol. The molecule has 0 saturated heterocycles. The van der Waals surface area contributed by atoms with Crippen molar-refractivity contribution < 1.29 is 9.90 Å². The standard InChI is InChI=1S/C29H26O2/c30-28(31)27(26(21-11-1-2-12-21)22-13-3-4-14-22)29(23-15-5-6-16-23,24-17-7-8-18-24)25-19-9-10-20-25/h1-11,13,15,17,19H,12,14,16,18,20H2,(H,30,31). The molecule has 0 radical (unpaired) electrons. The van der Waals surface area contributed by atoms with Gasteiger partial charge in [0.15, 0.2) is 0 Å². The van der Waals surface area contributed by atoms with Crippen LogP contribution in [-0.2, 0) is 4.79 Å². The third kappa shape index (κ3) is 3.14. The fraction of sp³-hybridized carbons (Fsp3) is 0.207. The highest BCUT2D eigenvalue weighted by atomic mass is 16.4. The van der Waals surface area contributed by atoms with E-state index in [1.807, 2.05) is 12.2 Å². The number of hydrogen-bond donors (Lipinski definition) is 1. The lowest BCUT2D eigenvalue weighted by atomic mass is 9.60. The second-order valence-electron chi connectivity index (χ2n) is 8.43. The van der Waals surface area contributed by atoms with E-state index in [0.29, 0.717) is 5.57 Å². The van der Waals surface area contributed by atoms with Gasteiger partial charge in [-0.15, -0.1) is 0 Å². The summed E-state index contributed by atoms with van der Waals surface area (Å²) in [5.74, 6) is -0.830. The van der Waals surface area contributed by atoms with Crippen molar-refractivity contribution in [2.75, 3.05) is 0 Å². The van der Waals surface area contributed by atoms with E-state index in [1.165, 1.54) is 0 Å². The average Bonchev–Trinajstić information content (AvgIpc) is 3.60. The molecule has 0 aromatic rings. The molecule has 0 heterocycles. The Morgan fingerprint density at radius 2 is 1.00 bits per heavy atom. The van der Waals surface area contributed by atoms with Gasteiger partial charge in [-0.25, -0.2) is 4.79 Å². The van der Waals surface area contributed by atoms with Crippen LogP contribution in [0.4, 0.5) is 0 Å². The van der Waals surface area contributed by atoms with Crippen LogP contribution < -0.4 is 0 Å². The first-order valence-electron chi connectivity index (χ1n) is 11.0. The van der Waals surface area contributed by atoms with Gasteiger partial charge in [0.2, 0.25) is 0 Å². The highest BCUT2D eigenvalue weighted by Crippen LogP contribution is 2.57. The molecule has 5 aliphatic carbocycles. The van der Waals surface area contributed by atoms with Crippen LogP contribution in [0.25, 0.3) is 0 Å². The van der Waals surface area contributed by atoms with E-state index in [-0.39, 0.29) is 0 Å². The van der Waals surface area contributed by atoms with Gasteiger partial charge in [0.05, 0.1) is 11.0 Å². The number of carboxylic acid groups (broad SMARTS) is 1. The minimum absolute atomic E-state index is 0.511. The Labute approximate surface area is 183 Å². The first kappa shape index (κ1) is 19.6. The molecule has 5 aliphatic rings. The van der Waals surface area contributed by atoms with E-state index in [1.54, 1.807) is 0 Å². The van der Waals surface area contributed by atoms with Gasteiger partial charge in [-0.2, -0.15) is 0 Å². The van der Waals surface area contributed by atoms with Crippen LogP contribution in [0.2, 0.25) is 0 Å². The minimum atomic E-state index is -0.830. The normalized spacial score (nSPS) is 20.8.